The summed E-state index contributed by atoms with van der Waals surface area (Å²) in [6.07, 6.45) is 2.09. The Morgan fingerprint density at radius 2 is 1.85 bits per heavy atom. The molecule has 1 fully saturated rings. The van der Waals surface area contributed by atoms with E-state index >= 15 is 0 Å². The van der Waals surface area contributed by atoms with Gasteiger partial charge in [0.05, 0.1) is 33.3 Å². The molecule has 1 unspecified atom stereocenters. The zero-order chi connectivity index (χ0) is 19.2. The molecule has 144 valence electrons. The van der Waals surface area contributed by atoms with E-state index in [1.165, 1.54) is 12.1 Å². The van der Waals surface area contributed by atoms with Crippen LogP contribution in [0.1, 0.15) is 30.9 Å². The van der Waals surface area contributed by atoms with Crippen LogP contribution in [0.5, 0.6) is 17.2 Å². The molecule has 0 saturated carbocycles. The Morgan fingerprint density at radius 3 is 2.56 bits per heavy atom. The monoisotopic (exact) mass is 373 g/mol. The molecule has 27 heavy (non-hydrogen) atoms. The topological polar surface area (TPSA) is 48.0 Å². The fourth-order valence-electron chi connectivity index (χ4n) is 3.42. The Kier molecular flexibility index (Phi) is 6.16. The SMILES string of the molecule is COc1ccc(OC)c(C2CCCN2C(=O)CCOc2ccc(F)cc2)c1. The number of hydrogen-bond acceptors (Lipinski definition) is 4. The van der Waals surface area contributed by atoms with Gasteiger partial charge in [0.1, 0.15) is 23.1 Å². The fraction of sp³-hybridized carbons (Fsp3) is 0.381. The van der Waals surface area contributed by atoms with E-state index in [4.69, 9.17) is 14.2 Å². The van der Waals surface area contributed by atoms with E-state index in [0.717, 1.165) is 29.9 Å². The molecule has 1 aliphatic heterocycles. The molecule has 0 bridgehead atoms. The van der Waals surface area contributed by atoms with Crippen LogP contribution in [0.2, 0.25) is 0 Å². The summed E-state index contributed by atoms with van der Waals surface area (Å²) in [4.78, 5) is 14.6. The predicted octanol–water partition coefficient (Wildman–Crippen LogP) is 3.98. The van der Waals surface area contributed by atoms with Crippen LogP contribution in [0.25, 0.3) is 0 Å². The first-order chi connectivity index (χ1) is 13.1. The van der Waals surface area contributed by atoms with Gasteiger partial charge in [-0.3, -0.25) is 4.79 Å². The first kappa shape index (κ1) is 19.0. The summed E-state index contributed by atoms with van der Waals surface area (Å²) in [5.74, 6) is 1.76. The highest BCUT2D eigenvalue weighted by Crippen LogP contribution is 2.39. The van der Waals surface area contributed by atoms with Gasteiger partial charge in [0.2, 0.25) is 5.91 Å². The summed E-state index contributed by atoms with van der Waals surface area (Å²) in [6, 6.07) is 11.4. The van der Waals surface area contributed by atoms with Gasteiger partial charge in [-0.25, -0.2) is 4.39 Å². The summed E-state index contributed by atoms with van der Waals surface area (Å²) in [6.45, 7) is 0.962. The van der Waals surface area contributed by atoms with Crippen molar-refractivity contribution in [2.75, 3.05) is 27.4 Å². The summed E-state index contributed by atoms with van der Waals surface area (Å²) >= 11 is 0. The van der Waals surface area contributed by atoms with Crippen LogP contribution >= 0.6 is 0 Å². The molecular weight excluding hydrogens is 349 g/mol. The fourth-order valence-corrected chi connectivity index (χ4v) is 3.42. The second-order valence-electron chi connectivity index (χ2n) is 6.41. The van der Waals surface area contributed by atoms with Gasteiger partial charge in [-0.05, 0) is 55.3 Å². The van der Waals surface area contributed by atoms with Crippen LogP contribution < -0.4 is 14.2 Å². The molecule has 2 aromatic carbocycles. The minimum absolute atomic E-state index is 0.0319. The summed E-state index contributed by atoms with van der Waals surface area (Å²) in [5.41, 5.74) is 0.960. The van der Waals surface area contributed by atoms with Crippen LogP contribution in [0.3, 0.4) is 0 Å². The Labute approximate surface area is 158 Å². The van der Waals surface area contributed by atoms with Gasteiger partial charge in [0, 0.05) is 12.1 Å². The highest BCUT2D eigenvalue weighted by atomic mass is 19.1. The van der Waals surface area contributed by atoms with Crippen LogP contribution in [-0.2, 0) is 4.79 Å². The first-order valence-electron chi connectivity index (χ1n) is 9.02. The molecule has 1 amide bonds. The summed E-state index contributed by atoms with van der Waals surface area (Å²) in [5, 5.41) is 0. The number of halogens is 1. The number of carbonyl (C=O) groups excluding carboxylic acids is 1. The van der Waals surface area contributed by atoms with Crippen molar-refractivity contribution in [3.05, 3.63) is 53.8 Å². The molecule has 0 aromatic heterocycles. The molecule has 1 atom stereocenters. The van der Waals surface area contributed by atoms with Crippen molar-refractivity contribution in [2.45, 2.75) is 25.3 Å². The minimum Gasteiger partial charge on any atom is -0.497 e. The third-order valence-electron chi connectivity index (χ3n) is 4.77. The zero-order valence-corrected chi connectivity index (χ0v) is 15.6. The maximum atomic E-state index is 12.9. The van der Waals surface area contributed by atoms with E-state index in [-0.39, 0.29) is 30.8 Å². The lowest BCUT2D eigenvalue weighted by atomic mass is 10.0. The quantitative estimate of drug-likeness (QED) is 0.737. The molecule has 0 spiro atoms. The Bertz CT molecular complexity index is 778. The first-order valence-corrected chi connectivity index (χ1v) is 9.02. The number of rotatable bonds is 7. The Balaban J connectivity index is 1.65. The average Bonchev–Trinajstić information content (AvgIpc) is 3.18. The number of amides is 1. The van der Waals surface area contributed by atoms with E-state index in [9.17, 15) is 9.18 Å². The summed E-state index contributed by atoms with van der Waals surface area (Å²) in [7, 11) is 3.25. The number of likely N-dealkylation sites (tertiary alicyclic amines) is 1. The van der Waals surface area contributed by atoms with Crippen molar-refractivity contribution < 1.29 is 23.4 Å². The molecule has 1 aliphatic rings. The standard InChI is InChI=1S/C21H24FNO4/c1-25-17-9-10-20(26-2)18(14-17)19-4-3-12-23(19)21(24)11-13-27-16-7-5-15(22)6-8-16/h5-10,14,19H,3-4,11-13H2,1-2H3. The van der Waals surface area contributed by atoms with Gasteiger partial charge in [-0.2, -0.15) is 0 Å². The second-order valence-corrected chi connectivity index (χ2v) is 6.41. The predicted molar refractivity (Wildman–Crippen MR) is 99.7 cm³/mol. The van der Waals surface area contributed by atoms with Gasteiger partial charge in [0.15, 0.2) is 0 Å². The molecule has 0 N–H and O–H groups in total. The molecule has 1 heterocycles. The number of nitrogens with zero attached hydrogens (tertiary/aromatic N) is 1. The van der Waals surface area contributed by atoms with E-state index in [1.807, 2.05) is 23.1 Å². The third kappa shape index (κ3) is 4.51. The van der Waals surface area contributed by atoms with Crippen molar-refractivity contribution >= 4 is 5.91 Å². The average molecular weight is 373 g/mol. The molecule has 3 rings (SSSR count). The van der Waals surface area contributed by atoms with Crippen LogP contribution in [0.4, 0.5) is 4.39 Å². The molecule has 0 aliphatic carbocycles. The van der Waals surface area contributed by atoms with Gasteiger partial charge >= 0.3 is 0 Å². The van der Waals surface area contributed by atoms with E-state index < -0.39 is 0 Å². The lowest BCUT2D eigenvalue weighted by Crippen LogP contribution is -2.31. The largest absolute Gasteiger partial charge is 0.497 e. The number of hydrogen-bond donors (Lipinski definition) is 0. The smallest absolute Gasteiger partial charge is 0.226 e. The molecule has 6 heteroatoms. The molecule has 0 radical (unpaired) electrons. The van der Waals surface area contributed by atoms with Crippen LogP contribution in [0, 0.1) is 5.82 Å². The highest BCUT2D eigenvalue weighted by Gasteiger charge is 2.31. The van der Waals surface area contributed by atoms with Crippen molar-refractivity contribution in [2.24, 2.45) is 0 Å². The third-order valence-corrected chi connectivity index (χ3v) is 4.77. The van der Waals surface area contributed by atoms with Gasteiger partial charge in [0.25, 0.3) is 0 Å². The second kappa shape index (κ2) is 8.75. The van der Waals surface area contributed by atoms with E-state index in [2.05, 4.69) is 0 Å². The van der Waals surface area contributed by atoms with E-state index in [1.54, 1.807) is 26.4 Å². The number of benzene rings is 2. The van der Waals surface area contributed by atoms with Crippen molar-refractivity contribution in [3.63, 3.8) is 0 Å². The molecule has 2 aromatic rings. The molecular formula is C21H24FNO4. The van der Waals surface area contributed by atoms with Gasteiger partial charge < -0.3 is 19.1 Å². The highest BCUT2D eigenvalue weighted by molar-refractivity contribution is 5.77. The van der Waals surface area contributed by atoms with E-state index in [0.29, 0.717) is 12.3 Å². The van der Waals surface area contributed by atoms with Gasteiger partial charge in [-0.15, -0.1) is 0 Å². The Morgan fingerprint density at radius 1 is 1.11 bits per heavy atom. The Hall–Kier alpha value is -2.76. The van der Waals surface area contributed by atoms with Crippen LogP contribution in [0.15, 0.2) is 42.5 Å². The lowest BCUT2D eigenvalue weighted by Gasteiger charge is -2.26. The van der Waals surface area contributed by atoms with Crippen molar-refractivity contribution in [1.29, 1.82) is 0 Å². The molecule has 1 saturated heterocycles. The number of carbonyl (C=O) groups is 1. The van der Waals surface area contributed by atoms with Gasteiger partial charge in [-0.1, -0.05) is 0 Å². The minimum atomic E-state index is -0.314. The molecule has 5 nitrogen and oxygen atoms in total. The maximum absolute atomic E-state index is 12.9. The number of methoxy groups -OCH3 is 2. The van der Waals surface area contributed by atoms with Crippen molar-refractivity contribution in [1.82, 2.24) is 4.90 Å². The van der Waals surface area contributed by atoms with Crippen molar-refractivity contribution in [3.8, 4) is 17.2 Å². The maximum Gasteiger partial charge on any atom is 0.226 e. The zero-order valence-electron chi connectivity index (χ0n) is 15.6. The van der Waals surface area contributed by atoms with Crippen LogP contribution in [-0.4, -0.2) is 38.2 Å². The lowest BCUT2D eigenvalue weighted by molar-refractivity contribution is -0.132. The normalized spacial score (nSPS) is 16.3. The number of ether oxygens (including phenoxy) is 3. The summed E-state index contributed by atoms with van der Waals surface area (Å²) < 4.78 is 29.3.